The number of carbonyl (C=O) groups is 1. The highest BCUT2D eigenvalue weighted by Crippen LogP contribution is 2.18. The van der Waals surface area contributed by atoms with Gasteiger partial charge in [-0.1, -0.05) is 19.1 Å². The molecule has 5 heteroatoms. The second-order valence-corrected chi connectivity index (χ2v) is 5.17. The lowest BCUT2D eigenvalue weighted by atomic mass is 10.1. The van der Waals surface area contributed by atoms with E-state index in [0.29, 0.717) is 13.0 Å². The van der Waals surface area contributed by atoms with Gasteiger partial charge in [0.1, 0.15) is 5.82 Å². The summed E-state index contributed by atoms with van der Waals surface area (Å²) in [5, 5.41) is 6.16. The average Bonchev–Trinajstić information content (AvgIpc) is 2.80. The number of aromatic nitrogens is 2. The van der Waals surface area contributed by atoms with Crippen LogP contribution in [0.1, 0.15) is 19.2 Å². The third kappa shape index (κ3) is 2.41. The lowest BCUT2D eigenvalue weighted by Crippen LogP contribution is -2.54. The first-order valence-electron chi connectivity index (χ1n) is 7.25. The number of rotatable bonds is 4. The van der Waals surface area contributed by atoms with Gasteiger partial charge in [-0.2, -0.15) is 0 Å². The minimum absolute atomic E-state index is 0.0753. The van der Waals surface area contributed by atoms with E-state index in [9.17, 15) is 4.79 Å². The van der Waals surface area contributed by atoms with E-state index in [1.165, 1.54) is 0 Å². The molecule has 1 atom stereocenters. The standard InChI is InChI=1S/C15H20N4O/c1-2-9-19-13-6-4-3-5-11(13)18-14(19)10-12-15(20)17-8-7-16-12/h3-6,12,16H,2,7-10H2,1H3,(H,17,20). The molecule has 2 aromatic rings. The van der Waals surface area contributed by atoms with Gasteiger partial charge in [0.25, 0.3) is 0 Å². The zero-order valence-corrected chi connectivity index (χ0v) is 11.7. The maximum Gasteiger partial charge on any atom is 0.237 e. The summed E-state index contributed by atoms with van der Waals surface area (Å²) in [5.41, 5.74) is 2.16. The van der Waals surface area contributed by atoms with Crippen LogP contribution in [0.3, 0.4) is 0 Å². The Hall–Kier alpha value is -1.88. The molecular formula is C15H20N4O. The van der Waals surface area contributed by atoms with Crippen molar-refractivity contribution in [2.45, 2.75) is 32.4 Å². The molecule has 1 saturated heterocycles. The molecule has 0 bridgehead atoms. The van der Waals surface area contributed by atoms with E-state index in [-0.39, 0.29) is 11.9 Å². The van der Waals surface area contributed by atoms with Gasteiger partial charge in [-0.25, -0.2) is 4.98 Å². The molecule has 2 N–H and O–H groups in total. The Bertz CT molecular complexity index is 619. The monoisotopic (exact) mass is 272 g/mol. The number of aryl methyl sites for hydroxylation is 1. The molecule has 0 saturated carbocycles. The topological polar surface area (TPSA) is 59.0 Å². The summed E-state index contributed by atoms with van der Waals surface area (Å²) in [6, 6.07) is 7.98. The molecule has 1 aromatic carbocycles. The van der Waals surface area contributed by atoms with Crippen molar-refractivity contribution in [3.63, 3.8) is 0 Å². The van der Waals surface area contributed by atoms with Gasteiger partial charge in [0, 0.05) is 26.1 Å². The normalized spacial score (nSPS) is 19.2. The summed E-state index contributed by atoms with van der Waals surface area (Å²) >= 11 is 0. The number of piperazine rings is 1. The highest BCUT2D eigenvalue weighted by atomic mass is 16.2. The molecule has 1 aromatic heterocycles. The highest BCUT2D eigenvalue weighted by Gasteiger charge is 2.24. The highest BCUT2D eigenvalue weighted by molar-refractivity contribution is 5.83. The fraction of sp³-hybridized carbons (Fsp3) is 0.467. The molecule has 1 amide bonds. The van der Waals surface area contributed by atoms with Crippen molar-refractivity contribution in [3.8, 4) is 0 Å². The molecule has 1 aliphatic rings. The Kier molecular flexibility index (Phi) is 3.69. The maximum atomic E-state index is 11.9. The first-order valence-corrected chi connectivity index (χ1v) is 7.25. The number of fused-ring (bicyclic) bond motifs is 1. The average molecular weight is 272 g/mol. The van der Waals surface area contributed by atoms with Crippen molar-refractivity contribution in [2.24, 2.45) is 0 Å². The lowest BCUT2D eigenvalue weighted by molar-refractivity contribution is -0.124. The van der Waals surface area contributed by atoms with Crippen molar-refractivity contribution in [3.05, 3.63) is 30.1 Å². The Morgan fingerprint density at radius 3 is 3.00 bits per heavy atom. The summed E-state index contributed by atoms with van der Waals surface area (Å²) < 4.78 is 2.24. The number of hydrogen-bond donors (Lipinski definition) is 2. The van der Waals surface area contributed by atoms with Crippen LogP contribution in [0.2, 0.25) is 0 Å². The second-order valence-electron chi connectivity index (χ2n) is 5.17. The first kappa shape index (κ1) is 13.1. The molecular weight excluding hydrogens is 252 g/mol. The van der Waals surface area contributed by atoms with Gasteiger partial charge in [-0.3, -0.25) is 4.79 Å². The summed E-state index contributed by atoms with van der Waals surface area (Å²) in [7, 11) is 0. The number of carbonyl (C=O) groups excluding carboxylic acids is 1. The zero-order chi connectivity index (χ0) is 13.9. The molecule has 0 spiro atoms. The van der Waals surface area contributed by atoms with E-state index in [1.807, 2.05) is 18.2 Å². The Morgan fingerprint density at radius 2 is 2.20 bits per heavy atom. The fourth-order valence-corrected chi connectivity index (χ4v) is 2.75. The SMILES string of the molecule is CCCn1c(CC2NCCNC2=O)nc2ccccc21. The number of nitrogens with one attached hydrogen (secondary N) is 2. The van der Waals surface area contributed by atoms with Gasteiger partial charge >= 0.3 is 0 Å². The van der Waals surface area contributed by atoms with Gasteiger partial charge in [0.2, 0.25) is 5.91 Å². The largest absolute Gasteiger partial charge is 0.353 e. The van der Waals surface area contributed by atoms with Crippen molar-refractivity contribution in [1.29, 1.82) is 0 Å². The van der Waals surface area contributed by atoms with Gasteiger partial charge in [-0.15, -0.1) is 0 Å². The Balaban J connectivity index is 1.93. The van der Waals surface area contributed by atoms with Crippen LogP contribution in [0.5, 0.6) is 0 Å². The van der Waals surface area contributed by atoms with Gasteiger partial charge in [-0.05, 0) is 18.6 Å². The molecule has 106 valence electrons. The molecule has 5 nitrogen and oxygen atoms in total. The lowest BCUT2D eigenvalue weighted by Gasteiger charge is -2.23. The van der Waals surface area contributed by atoms with Crippen LogP contribution in [0.15, 0.2) is 24.3 Å². The molecule has 1 aliphatic heterocycles. The molecule has 1 unspecified atom stereocenters. The van der Waals surface area contributed by atoms with Crippen LogP contribution >= 0.6 is 0 Å². The Labute approximate surface area is 118 Å². The summed E-state index contributed by atoms with van der Waals surface area (Å²) in [4.78, 5) is 16.6. The summed E-state index contributed by atoms with van der Waals surface area (Å²) in [5.74, 6) is 1.06. The number of para-hydroxylation sites is 2. The van der Waals surface area contributed by atoms with E-state index >= 15 is 0 Å². The van der Waals surface area contributed by atoms with E-state index < -0.39 is 0 Å². The minimum Gasteiger partial charge on any atom is -0.353 e. The van der Waals surface area contributed by atoms with Crippen molar-refractivity contribution in [2.75, 3.05) is 13.1 Å². The van der Waals surface area contributed by atoms with Crippen LogP contribution < -0.4 is 10.6 Å². The van der Waals surface area contributed by atoms with Crippen LogP contribution in [0, 0.1) is 0 Å². The molecule has 1 fully saturated rings. The smallest absolute Gasteiger partial charge is 0.237 e. The third-order valence-electron chi connectivity index (χ3n) is 3.70. The number of benzene rings is 1. The van der Waals surface area contributed by atoms with Gasteiger partial charge in [0.05, 0.1) is 17.1 Å². The van der Waals surface area contributed by atoms with Crippen molar-refractivity contribution >= 4 is 16.9 Å². The van der Waals surface area contributed by atoms with E-state index in [0.717, 1.165) is 36.4 Å². The van der Waals surface area contributed by atoms with Crippen LogP contribution in [0.4, 0.5) is 0 Å². The van der Waals surface area contributed by atoms with E-state index in [1.54, 1.807) is 0 Å². The first-order chi connectivity index (χ1) is 9.79. The van der Waals surface area contributed by atoms with Crippen molar-refractivity contribution in [1.82, 2.24) is 20.2 Å². The van der Waals surface area contributed by atoms with Crippen LogP contribution in [-0.4, -0.2) is 34.6 Å². The predicted octanol–water partition coefficient (Wildman–Crippen LogP) is 1.08. The number of amides is 1. The van der Waals surface area contributed by atoms with Crippen LogP contribution in [0.25, 0.3) is 11.0 Å². The van der Waals surface area contributed by atoms with Crippen LogP contribution in [-0.2, 0) is 17.8 Å². The van der Waals surface area contributed by atoms with E-state index in [2.05, 4.69) is 28.2 Å². The maximum absolute atomic E-state index is 11.9. The number of imidazole rings is 1. The minimum atomic E-state index is -0.170. The zero-order valence-electron chi connectivity index (χ0n) is 11.7. The number of nitrogens with zero attached hydrogens (tertiary/aromatic N) is 2. The number of hydrogen-bond acceptors (Lipinski definition) is 3. The Morgan fingerprint density at radius 1 is 1.35 bits per heavy atom. The predicted molar refractivity (Wildman–Crippen MR) is 78.5 cm³/mol. The summed E-state index contributed by atoms with van der Waals surface area (Å²) in [6.07, 6.45) is 1.69. The second kappa shape index (κ2) is 5.63. The molecule has 0 radical (unpaired) electrons. The molecule has 3 rings (SSSR count). The molecule has 20 heavy (non-hydrogen) atoms. The molecule has 2 heterocycles. The van der Waals surface area contributed by atoms with Gasteiger partial charge < -0.3 is 15.2 Å². The van der Waals surface area contributed by atoms with Gasteiger partial charge in [0.15, 0.2) is 0 Å². The third-order valence-corrected chi connectivity index (χ3v) is 3.70. The molecule has 0 aliphatic carbocycles. The quantitative estimate of drug-likeness (QED) is 0.875. The fourth-order valence-electron chi connectivity index (χ4n) is 2.75. The summed E-state index contributed by atoms with van der Waals surface area (Å²) in [6.45, 7) is 4.62. The van der Waals surface area contributed by atoms with E-state index in [4.69, 9.17) is 4.98 Å². The van der Waals surface area contributed by atoms with Crippen molar-refractivity contribution < 1.29 is 4.79 Å².